The van der Waals surface area contributed by atoms with Crippen molar-refractivity contribution >= 4 is 29.0 Å². The summed E-state index contributed by atoms with van der Waals surface area (Å²) in [7, 11) is 0. The summed E-state index contributed by atoms with van der Waals surface area (Å²) in [5.41, 5.74) is 0.413. The van der Waals surface area contributed by atoms with Crippen LogP contribution in [0.3, 0.4) is 0 Å². The summed E-state index contributed by atoms with van der Waals surface area (Å²) in [6.45, 7) is 0.278. The number of hydrogen-bond donors (Lipinski definition) is 3. The maximum atomic E-state index is 12.0. The number of aliphatic hydroxyl groups is 1. The average Bonchev–Trinajstić information content (AvgIpc) is 3.16. The average molecular weight is 309 g/mol. The molecule has 1 saturated heterocycles. The fourth-order valence-corrected chi connectivity index (χ4v) is 4.05. The molecule has 1 fully saturated rings. The molecular weight excluding hydrogens is 294 g/mol. The molecule has 1 aliphatic rings. The Hall–Kier alpha value is -1.31. The highest BCUT2D eigenvalue weighted by Gasteiger charge is 2.32. The number of hydrogen-bond acceptors (Lipinski definition) is 5. The molecule has 106 valence electrons. The van der Waals surface area contributed by atoms with Crippen molar-refractivity contribution in [2.24, 2.45) is 0 Å². The van der Waals surface area contributed by atoms with Gasteiger partial charge in [-0.05, 0) is 29.7 Å². The number of rotatable bonds is 4. The first kappa shape index (κ1) is 13.7. The lowest BCUT2D eigenvalue weighted by molar-refractivity contribution is 0.0611. The molecule has 0 saturated carbocycles. The molecule has 3 N–H and O–H groups in total. The van der Waals surface area contributed by atoms with Crippen LogP contribution in [0.5, 0.6) is 0 Å². The Morgan fingerprint density at radius 1 is 1.60 bits per heavy atom. The van der Waals surface area contributed by atoms with Crippen molar-refractivity contribution in [2.45, 2.75) is 12.0 Å². The van der Waals surface area contributed by atoms with E-state index in [2.05, 4.69) is 15.5 Å². The molecule has 3 heterocycles. The van der Waals surface area contributed by atoms with Gasteiger partial charge in [-0.15, -0.1) is 11.3 Å². The second-order valence-electron chi connectivity index (χ2n) is 4.85. The molecule has 0 aromatic carbocycles. The van der Waals surface area contributed by atoms with Gasteiger partial charge in [0.25, 0.3) is 5.91 Å². The van der Waals surface area contributed by atoms with E-state index in [9.17, 15) is 9.90 Å². The number of aromatic nitrogens is 2. The summed E-state index contributed by atoms with van der Waals surface area (Å²) in [6.07, 6.45) is 0.721. The molecule has 2 aromatic rings. The first-order chi connectivity index (χ1) is 9.66. The number of carbonyl (C=O) groups excluding carboxylic acids is 1. The minimum absolute atomic E-state index is 0.255. The summed E-state index contributed by atoms with van der Waals surface area (Å²) >= 11 is 3.30. The van der Waals surface area contributed by atoms with Crippen LogP contribution in [0.2, 0.25) is 0 Å². The molecule has 0 bridgehead atoms. The zero-order valence-corrected chi connectivity index (χ0v) is 12.4. The number of carbonyl (C=O) groups is 1. The maximum absolute atomic E-state index is 12.0. The predicted molar refractivity (Wildman–Crippen MR) is 81.1 cm³/mol. The van der Waals surface area contributed by atoms with Crippen LogP contribution in [0.15, 0.2) is 23.6 Å². The van der Waals surface area contributed by atoms with Gasteiger partial charge in [-0.25, -0.2) is 0 Å². The second kappa shape index (κ2) is 5.59. The highest BCUT2D eigenvalue weighted by Crippen LogP contribution is 2.27. The van der Waals surface area contributed by atoms with Gasteiger partial charge in [-0.3, -0.25) is 9.89 Å². The van der Waals surface area contributed by atoms with E-state index in [-0.39, 0.29) is 12.5 Å². The van der Waals surface area contributed by atoms with Crippen LogP contribution < -0.4 is 5.32 Å². The zero-order valence-electron chi connectivity index (χ0n) is 10.8. The molecule has 3 rings (SSSR count). The fraction of sp³-hybridized carbons (Fsp3) is 0.385. The number of amides is 1. The number of nitrogens with zero attached hydrogens (tertiary/aromatic N) is 1. The topological polar surface area (TPSA) is 78.0 Å². The lowest BCUT2D eigenvalue weighted by Crippen LogP contribution is -2.43. The van der Waals surface area contributed by atoms with Crippen LogP contribution in [-0.4, -0.2) is 44.9 Å². The normalized spacial score (nSPS) is 22.1. The Morgan fingerprint density at radius 3 is 3.20 bits per heavy atom. The lowest BCUT2D eigenvalue weighted by atomic mass is 10.0. The number of thiophene rings is 1. The highest BCUT2D eigenvalue weighted by atomic mass is 32.2. The van der Waals surface area contributed by atoms with Crippen LogP contribution in [0.1, 0.15) is 16.9 Å². The number of nitrogens with one attached hydrogen (secondary N) is 2. The molecule has 20 heavy (non-hydrogen) atoms. The first-order valence-electron chi connectivity index (χ1n) is 6.34. The molecule has 0 spiro atoms. The molecule has 0 radical (unpaired) electrons. The maximum Gasteiger partial charge on any atom is 0.271 e. The molecule has 7 heteroatoms. The summed E-state index contributed by atoms with van der Waals surface area (Å²) in [5, 5.41) is 21.8. The third-order valence-corrected chi connectivity index (χ3v) is 5.40. The minimum atomic E-state index is -0.771. The summed E-state index contributed by atoms with van der Waals surface area (Å²) in [6, 6.07) is 5.65. The molecule has 1 amide bonds. The van der Waals surface area contributed by atoms with Gasteiger partial charge in [0.2, 0.25) is 0 Å². The van der Waals surface area contributed by atoms with Crippen molar-refractivity contribution in [1.82, 2.24) is 15.5 Å². The van der Waals surface area contributed by atoms with Crippen LogP contribution in [0.4, 0.5) is 0 Å². The Balaban J connectivity index is 1.63. The highest BCUT2D eigenvalue weighted by molar-refractivity contribution is 7.99. The Bertz CT molecular complexity index is 589. The van der Waals surface area contributed by atoms with E-state index in [0.29, 0.717) is 11.4 Å². The van der Waals surface area contributed by atoms with Crippen molar-refractivity contribution in [3.63, 3.8) is 0 Å². The second-order valence-corrected chi connectivity index (χ2v) is 6.91. The summed E-state index contributed by atoms with van der Waals surface area (Å²) in [5.74, 6) is 1.36. The van der Waals surface area contributed by atoms with Gasteiger partial charge in [0.05, 0.1) is 16.2 Å². The van der Waals surface area contributed by atoms with Gasteiger partial charge >= 0.3 is 0 Å². The van der Waals surface area contributed by atoms with Crippen molar-refractivity contribution in [2.75, 3.05) is 18.1 Å². The standard InChI is InChI=1S/C13H15N3O2S2/c17-12(14-7-13(18)3-5-19-8-13)10-6-9(15-16-10)11-2-1-4-20-11/h1-2,4,6,18H,3,5,7-8H2,(H,14,17)(H,15,16)/t13-/m0/s1. The van der Waals surface area contributed by atoms with Crippen LogP contribution in [0, 0.1) is 0 Å². The predicted octanol–water partition coefficient (Wildman–Crippen LogP) is 1.74. The van der Waals surface area contributed by atoms with E-state index in [1.54, 1.807) is 29.2 Å². The summed E-state index contributed by atoms with van der Waals surface area (Å²) in [4.78, 5) is 13.1. The molecule has 2 aromatic heterocycles. The number of H-pyrrole nitrogens is 1. The number of aromatic amines is 1. The fourth-order valence-electron chi connectivity index (χ4n) is 2.07. The smallest absolute Gasteiger partial charge is 0.271 e. The van der Waals surface area contributed by atoms with Crippen molar-refractivity contribution in [1.29, 1.82) is 0 Å². The Labute approximate surface area is 124 Å². The van der Waals surface area contributed by atoms with Crippen molar-refractivity contribution < 1.29 is 9.90 Å². The van der Waals surface area contributed by atoms with Crippen LogP contribution in [-0.2, 0) is 0 Å². The molecular formula is C13H15N3O2S2. The van der Waals surface area contributed by atoms with E-state index in [0.717, 1.165) is 22.7 Å². The Morgan fingerprint density at radius 2 is 2.50 bits per heavy atom. The third kappa shape index (κ3) is 2.89. The minimum Gasteiger partial charge on any atom is -0.387 e. The van der Waals surface area contributed by atoms with Crippen molar-refractivity contribution in [3.8, 4) is 10.6 Å². The quantitative estimate of drug-likeness (QED) is 0.804. The van der Waals surface area contributed by atoms with Crippen LogP contribution in [0.25, 0.3) is 10.6 Å². The lowest BCUT2D eigenvalue weighted by Gasteiger charge is -2.21. The SMILES string of the molecule is O=C(NC[C@@]1(O)CCSC1)c1cc(-c2cccs2)[nH]n1. The van der Waals surface area contributed by atoms with Gasteiger partial charge in [0.1, 0.15) is 0 Å². The first-order valence-corrected chi connectivity index (χ1v) is 8.37. The summed E-state index contributed by atoms with van der Waals surface area (Å²) < 4.78 is 0. The third-order valence-electron chi connectivity index (χ3n) is 3.26. The van der Waals surface area contributed by atoms with E-state index in [1.807, 2.05) is 17.5 Å². The van der Waals surface area contributed by atoms with Gasteiger partial charge in [-0.1, -0.05) is 6.07 Å². The van der Waals surface area contributed by atoms with E-state index in [1.165, 1.54) is 0 Å². The Kier molecular flexibility index (Phi) is 3.82. The largest absolute Gasteiger partial charge is 0.387 e. The van der Waals surface area contributed by atoms with Crippen molar-refractivity contribution in [3.05, 3.63) is 29.3 Å². The van der Waals surface area contributed by atoms with Gasteiger partial charge in [-0.2, -0.15) is 16.9 Å². The van der Waals surface area contributed by atoms with E-state index >= 15 is 0 Å². The molecule has 0 aliphatic carbocycles. The molecule has 0 unspecified atom stereocenters. The monoisotopic (exact) mass is 309 g/mol. The molecule has 1 aliphatic heterocycles. The molecule has 1 atom stereocenters. The van der Waals surface area contributed by atoms with Gasteiger partial charge in [0, 0.05) is 12.3 Å². The zero-order chi connectivity index (χ0) is 14.0. The van der Waals surface area contributed by atoms with Crippen LogP contribution >= 0.6 is 23.1 Å². The number of thioether (sulfide) groups is 1. The van der Waals surface area contributed by atoms with E-state index < -0.39 is 5.60 Å². The van der Waals surface area contributed by atoms with Gasteiger partial charge < -0.3 is 10.4 Å². The van der Waals surface area contributed by atoms with E-state index in [4.69, 9.17) is 0 Å². The van der Waals surface area contributed by atoms with Gasteiger partial charge in [0.15, 0.2) is 5.69 Å². The molecule has 5 nitrogen and oxygen atoms in total.